The number of anilines is 2. The van der Waals surface area contributed by atoms with Gasteiger partial charge in [-0.1, -0.05) is 12.1 Å². The molecule has 2 aromatic heterocycles. The molecule has 0 aliphatic carbocycles. The largest absolute Gasteiger partial charge is 0.497 e. The number of nitrogens with one attached hydrogen (secondary N) is 1. The van der Waals surface area contributed by atoms with E-state index >= 15 is 0 Å². The van der Waals surface area contributed by atoms with Gasteiger partial charge in [-0.3, -0.25) is 0 Å². The highest BCUT2D eigenvalue weighted by molar-refractivity contribution is 5.51. The smallest absolute Gasteiger partial charge is 0.134 e. The van der Waals surface area contributed by atoms with E-state index in [1.807, 2.05) is 36.5 Å². The average Bonchev–Trinajstić information content (AvgIpc) is 3.16. The summed E-state index contributed by atoms with van der Waals surface area (Å²) in [5.74, 6) is 3.16. The Labute approximate surface area is 163 Å². The number of hydrogen-bond donors (Lipinski definition) is 2. The van der Waals surface area contributed by atoms with Crippen LogP contribution in [0.5, 0.6) is 5.75 Å². The van der Waals surface area contributed by atoms with Gasteiger partial charge in [0.15, 0.2) is 0 Å². The van der Waals surface area contributed by atoms with Crippen LogP contribution in [0.25, 0.3) is 0 Å². The molecule has 0 saturated carbocycles. The van der Waals surface area contributed by atoms with Gasteiger partial charge in [0, 0.05) is 37.3 Å². The summed E-state index contributed by atoms with van der Waals surface area (Å²) in [7, 11) is 1.66. The van der Waals surface area contributed by atoms with Crippen molar-refractivity contribution in [2.75, 3.05) is 30.5 Å². The molecule has 0 radical (unpaired) electrons. The predicted octanol–water partition coefficient (Wildman–Crippen LogP) is 1.79. The van der Waals surface area contributed by atoms with Crippen molar-refractivity contribution < 1.29 is 9.84 Å². The van der Waals surface area contributed by atoms with Crippen LogP contribution >= 0.6 is 0 Å². The Balaban J connectivity index is 1.46. The number of benzene rings is 1. The Morgan fingerprint density at radius 3 is 2.79 bits per heavy atom. The molecular weight excluding hydrogens is 356 g/mol. The van der Waals surface area contributed by atoms with E-state index in [1.54, 1.807) is 7.11 Å². The molecule has 2 N–H and O–H groups in total. The van der Waals surface area contributed by atoms with Crippen molar-refractivity contribution in [3.05, 3.63) is 65.5 Å². The van der Waals surface area contributed by atoms with E-state index in [9.17, 15) is 0 Å². The zero-order valence-corrected chi connectivity index (χ0v) is 15.7. The fraction of sp³-hybridized carbons (Fsp3) is 0.300. The maximum absolute atomic E-state index is 8.95. The van der Waals surface area contributed by atoms with E-state index in [0.29, 0.717) is 31.9 Å². The Hall–Kier alpha value is -3.26. The summed E-state index contributed by atoms with van der Waals surface area (Å²) >= 11 is 0. The van der Waals surface area contributed by atoms with E-state index in [2.05, 4.69) is 25.2 Å². The second-order valence-electron chi connectivity index (χ2n) is 6.55. The van der Waals surface area contributed by atoms with Crippen LogP contribution in [0.1, 0.15) is 22.6 Å². The summed E-state index contributed by atoms with van der Waals surface area (Å²) in [5, 5.41) is 12.0. The first-order chi connectivity index (χ1) is 13.7. The molecule has 8 nitrogen and oxygen atoms in total. The third-order valence-corrected chi connectivity index (χ3v) is 4.62. The normalized spacial score (nSPS) is 12.7. The maximum Gasteiger partial charge on any atom is 0.134 e. The molecule has 0 amide bonds. The predicted molar refractivity (Wildman–Crippen MR) is 105 cm³/mol. The standard InChI is InChI=1S/C20H22N6O2/c1-28-16-4-2-14(3-5-16)8-19-22-10-15-11-26(12-17(15)25-19)20-9-18(21-6-7-27)23-13-24-20/h2-5,9-10,13,27H,6-8,11-12H2,1H3,(H,21,23,24). The highest BCUT2D eigenvalue weighted by Crippen LogP contribution is 2.26. The molecule has 0 saturated heterocycles. The molecule has 1 aliphatic heterocycles. The van der Waals surface area contributed by atoms with E-state index < -0.39 is 0 Å². The summed E-state index contributed by atoms with van der Waals surface area (Å²) in [6.07, 6.45) is 4.12. The van der Waals surface area contributed by atoms with Crippen molar-refractivity contribution in [2.45, 2.75) is 19.5 Å². The molecule has 8 heteroatoms. The minimum absolute atomic E-state index is 0.0566. The van der Waals surface area contributed by atoms with Crippen LogP contribution in [0.2, 0.25) is 0 Å². The first-order valence-corrected chi connectivity index (χ1v) is 9.13. The number of aliphatic hydroxyl groups is 1. The molecule has 0 spiro atoms. The first-order valence-electron chi connectivity index (χ1n) is 9.13. The summed E-state index contributed by atoms with van der Waals surface area (Å²) in [5.41, 5.74) is 3.29. The second kappa shape index (κ2) is 8.18. The van der Waals surface area contributed by atoms with Crippen LogP contribution < -0.4 is 15.0 Å². The molecule has 0 fully saturated rings. The number of hydrogen-bond acceptors (Lipinski definition) is 8. The van der Waals surface area contributed by atoms with Crippen molar-refractivity contribution in [1.82, 2.24) is 19.9 Å². The van der Waals surface area contributed by atoms with Gasteiger partial charge in [-0.05, 0) is 17.7 Å². The number of ether oxygens (including phenoxy) is 1. The molecular formula is C20H22N6O2. The molecule has 1 aliphatic rings. The molecule has 1 aromatic carbocycles. The third-order valence-electron chi connectivity index (χ3n) is 4.62. The van der Waals surface area contributed by atoms with E-state index in [0.717, 1.165) is 34.2 Å². The zero-order valence-electron chi connectivity index (χ0n) is 15.7. The van der Waals surface area contributed by atoms with Crippen LogP contribution in [0, 0.1) is 0 Å². The lowest BCUT2D eigenvalue weighted by Gasteiger charge is -2.16. The highest BCUT2D eigenvalue weighted by Gasteiger charge is 2.22. The van der Waals surface area contributed by atoms with E-state index in [1.165, 1.54) is 6.33 Å². The molecule has 0 bridgehead atoms. The van der Waals surface area contributed by atoms with Gasteiger partial charge < -0.3 is 20.1 Å². The van der Waals surface area contributed by atoms with Crippen molar-refractivity contribution in [2.24, 2.45) is 0 Å². The van der Waals surface area contributed by atoms with Gasteiger partial charge in [0.05, 0.1) is 26.0 Å². The summed E-state index contributed by atoms with van der Waals surface area (Å²) in [4.78, 5) is 20.0. The Morgan fingerprint density at radius 2 is 2.00 bits per heavy atom. The lowest BCUT2D eigenvalue weighted by atomic mass is 10.1. The fourth-order valence-corrected chi connectivity index (χ4v) is 3.17. The first kappa shape index (κ1) is 18.1. The average molecular weight is 378 g/mol. The molecule has 144 valence electrons. The van der Waals surface area contributed by atoms with Crippen LogP contribution in [-0.2, 0) is 19.5 Å². The summed E-state index contributed by atoms with van der Waals surface area (Å²) in [6, 6.07) is 9.84. The van der Waals surface area contributed by atoms with E-state index in [-0.39, 0.29) is 6.61 Å². The molecule has 3 heterocycles. The molecule has 0 unspecified atom stereocenters. The Morgan fingerprint density at radius 1 is 1.14 bits per heavy atom. The second-order valence-corrected chi connectivity index (χ2v) is 6.55. The number of aliphatic hydroxyl groups excluding tert-OH is 1. The topological polar surface area (TPSA) is 96.3 Å². The minimum Gasteiger partial charge on any atom is -0.497 e. The van der Waals surface area contributed by atoms with Gasteiger partial charge in [-0.25, -0.2) is 19.9 Å². The molecule has 4 rings (SSSR count). The number of fused-ring (bicyclic) bond motifs is 1. The number of aromatic nitrogens is 4. The zero-order chi connectivity index (χ0) is 19.3. The van der Waals surface area contributed by atoms with Gasteiger partial charge in [0.1, 0.15) is 29.5 Å². The SMILES string of the molecule is COc1ccc(Cc2ncc3c(n2)CN(c2cc(NCCO)ncn2)C3)cc1. The minimum atomic E-state index is 0.0566. The van der Waals surface area contributed by atoms with Crippen molar-refractivity contribution in [3.8, 4) is 5.75 Å². The Bertz CT molecular complexity index is 948. The van der Waals surface area contributed by atoms with Crippen LogP contribution in [0.3, 0.4) is 0 Å². The van der Waals surface area contributed by atoms with Crippen molar-refractivity contribution in [3.63, 3.8) is 0 Å². The van der Waals surface area contributed by atoms with Crippen molar-refractivity contribution >= 4 is 11.6 Å². The molecule has 3 aromatic rings. The fourth-order valence-electron chi connectivity index (χ4n) is 3.17. The quantitative estimate of drug-likeness (QED) is 0.642. The van der Waals surface area contributed by atoms with Crippen LogP contribution in [-0.4, -0.2) is 45.3 Å². The maximum atomic E-state index is 8.95. The van der Waals surface area contributed by atoms with E-state index in [4.69, 9.17) is 14.8 Å². The highest BCUT2D eigenvalue weighted by atomic mass is 16.5. The molecule has 28 heavy (non-hydrogen) atoms. The number of rotatable bonds is 7. The van der Waals surface area contributed by atoms with Gasteiger partial charge in [-0.15, -0.1) is 0 Å². The van der Waals surface area contributed by atoms with Crippen LogP contribution in [0.15, 0.2) is 42.9 Å². The lowest BCUT2D eigenvalue weighted by Crippen LogP contribution is -2.17. The van der Waals surface area contributed by atoms with Crippen molar-refractivity contribution in [1.29, 1.82) is 0 Å². The van der Waals surface area contributed by atoms with Gasteiger partial charge in [0.2, 0.25) is 0 Å². The van der Waals surface area contributed by atoms with Gasteiger partial charge >= 0.3 is 0 Å². The third kappa shape index (κ3) is 4.01. The lowest BCUT2D eigenvalue weighted by molar-refractivity contribution is 0.311. The molecule has 0 atom stereocenters. The van der Waals surface area contributed by atoms with Gasteiger partial charge in [-0.2, -0.15) is 0 Å². The Kier molecular flexibility index (Phi) is 5.29. The monoisotopic (exact) mass is 378 g/mol. The summed E-state index contributed by atoms with van der Waals surface area (Å²) in [6.45, 7) is 1.91. The summed E-state index contributed by atoms with van der Waals surface area (Å²) < 4.78 is 5.20. The van der Waals surface area contributed by atoms with Crippen LogP contribution in [0.4, 0.5) is 11.6 Å². The number of methoxy groups -OCH3 is 1. The number of nitrogens with zero attached hydrogens (tertiary/aromatic N) is 5. The van der Waals surface area contributed by atoms with Gasteiger partial charge in [0.25, 0.3) is 0 Å².